The Bertz CT molecular complexity index is 410. The summed E-state index contributed by atoms with van der Waals surface area (Å²) in [5.74, 6) is 0.692. The predicted molar refractivity (Wildman–Crippen MR) is 88.8 cm³/mol. The number of benzene rings is 1. The summed E-state index contributed by atoms with van der Waals surface area (Å²) in [4.78, 5) is 2.43. The van der Waals surface area contributed by atoms with Crippen LogP contribution in [0.15, 0.2) is 36.4 Å². The summed E-state index contributed by atoms with van der Waals surface area (Å²) in [5.41, 5.74) is 4.06. The van der Waals surface area contributed by atoms with E-state index in [0.29, 0.717) is 5.92 Å². The number of nitrogens with zero attached hydrogens (tertiary/aromatic N) is 1. The van der Waals surface area contributed by atoms with Gasteiger partial charge in [0.1, 0.15) is 0 Å². The van der Waals surface area contributed by atoms with Crippen molar-refractivity contribution < 1.29 is 0 Å². The zero-order valence-electron chi connectivity index (χ0n) is 13.6. The van der Waals surface area contributed by atoms with Gasteiger partial charge in [-0.05, 0) is 37.1 Å². The van der Waals surface area contributed by atoms with E-state index in [0.717, 1.165) is 32.7 Å². The Morgan fingerprint density at radius 3 is 2.45 bits per heavy atom. The first-order valence-corrected chi connectivity index (χ1v) is 7.67. The molecule has 0 spiro atoms. The maximum atomic E-state index is 4.02. The predicted octanol–water partition coefficient (Wildman–Crippen LogP) is 3.83. The van der Waals surface area contributed by atoms with Gasteiger partial charge in [-0.2, -0.15) is 0 Å². The molecule has 0 bridgehead atoms. The van der Waals surface area contributed by atoms with Gasteiger partial charge in [0.25, 0.3) is 0 Å². The van der Waals surface area contributed by atoms with E-state index in [-0.39, 0.29) is 0 Å². The zero-order valence-corrected chi connectivity index (χ0v) is 13.6. The lowest BCUT2D eigenvalue weighted by Crippen LogP contribution is -2.26. The molecular formula is C18H30N2. The molecule has 0 fully saturated rings. The third-order valence-electron chi connectivity index (χ3n) is 3.32. The van der Waals surface area contributed by atoms with Gasteiger partial charge in [0.05, 0.1) is 0 Å². The van der Waals surface area contributed by atoms with E-state index in [4.69, 9.17) is 0 Å². The molecule has 0 aliphatic carbocycles. The van der Waals surface area contributed by atoms with Gasteiger partial charge in [-0.15, -0.1) is 0 Å². The Balaban J connectivity index is 2.66. The fourth-order valence-corrected chi connectivity index (χ4v) is 2.28. The topological polar surface area (TPSA) is 15.3 Å². The minimum atomic E-state index is 0.692. The fraction of sp³-hybridized carbons (Fsp3) is 0.556. The number of nitrogens with one attached hydrogen (secondary N) is 1. The van der Waals surface area contributed by atoms with Crippen molar-refractivity contribution >= 4 is 0 Å². The normalized spacial score (nSPS) is 11.3. The summed E-state index contributed by atoms with van der Waals surface area (Å²) in [6.45, 7) is 17.9. The fourth-order valence-electron chi connectivity index (χ4n) is 2.28. The van der Waals surface area contributed by atoms with Crippen LogP contribution in [0.25, 0.3) is 0 Å². The highest BCUT2D eigenvalue weighted by Gasteiger charge is 2.07. The molecule has 1 rings (SSSR count). The summed E-state index contributed by atoms with van der Waals surface area (Å²) in [7, 11) is 0. The molecule has 1 aromatic carbocycles. The Morgan fingerprint density at radius 2 is 1.90 bits per heavy atom. The van der Waals surface area contributed by atoms with Crippen LogP contribution in [0.3, 0.4) is 0 Å². The molecule has 2 heteroatoms. The highest BCUT2D eigenvalue weighted by atomic mass is 15.1. The van der Waals surface area contributed by atoms with Crippen LogP contribution in [-0.2, 0) is 13.1 Å². The maximum Gasteiger partial charge on any atom is 0.0240 e. The SMILES string of the molecule is C=C(C)CN(CC)Cc1ccccc1CNCC(C)C. The molecule has 2 nitrogen and oxygen atoms in total. The molecule has 0 heterocycles. The van der Waals surface area contributed by atoms with Crippen LogP contribution < -0.4 is 5.32 Å². The van der Waals surface area contributed by atoms with Crippen LogP contribution in [0, 0.1) is 5.92 Å². The summed E-state index contributed by atoms with van der Waals surface area (Å²) in [5, 5.41) is 3.54. The zero-order chi connectivity index (χ0) is 15.0. The Morgan fingerprint density at radius 1 is 1.25 bits per heavy atom. The van der Waals surface area contributed by atoms with E-state index in [2.05, 4.69) is 68.8 Å². The lowest BCUT2D eigenvalue weighted by atomic mass is 10.1. The molecule has 0 amide bonds. The molecule has 0 aliphatic heterocycles. The highest BCUT2D eigenvalue weighted by molar-refractivity contribution is 5.27. The van der Waals surface area contributed by atoms with Crippen LogP contribution >= 0.6 is 0 Å². The molecule has 1 N–H and O–H groups in total. The van der Waals surface area contributed by atoms with Gasteiger partial charge in [0.2, 0.25) is 0 Å². The minimum Gasteiger partial charge on any atom is -0.312 e. The largest absolute Gasteiger partial charge is 0.312 e. The molecule has 0 unspecified atom stereocenters. The van der Waals surface area contributed by atoms with E-state index in [9.17, 15) is 0 Å². The second kappa shape index (κ2) is 8.93. The summed E-state index contributed by atoms with van der Waals surface area (Å²) in [6, 6.07) is 8.74. The van der Waals surface area contributed by atoms with E-state index in [1.54, 1.807) is 0 Å². The standard InChI is InChI=1S/C18H30N2/c1-6-20(13-16(4)5)14-18-10-8-7-9-17(18)12-19-11-15(2)3/h7-10,15,19H,4,6,11-14H2,1-3,5H3. The highest BCUT2D eigenvalue weighted by Crippen LogP contribution is 2.12. The lowest BCUT2D eigenvalue weighted by Gasteiger charge is -2.22. The average Bonchev–Trinajstić information content (AvgIpc) is 2.39. The molecule has 0 aliphatic rings. The molecule has 0 radical (unpaired) electrons. The number of hydrogen-bond donors (Lipinski definition) is 1. The van der Waals surface area contributed by atoms with E-state index in [1.807, 2.05) is 0 Å². The van der Waals surface area contributed by atoms with Crippen molar-refractivity contribution in [3.63, 3.8) is 0 Å². The molecule has 1 aromatic rings. The summed E-state index contributed by atoms with van der Waals surface area (Å²) < 4.78 is 0. The molecule has 112 valence electrons. The molecule has 0 aromatic heterocycles. The smallest absolute Gasteiger partial charge is 0.0240 e. The third-order valence-corrected chi connectivity index (χ3v) is 3.32. The second-order valence-corrected chi connectivity index (χ2v) is 6.05. The van der Waals surface area contributed by atoms with Gasteiger partial charge in [-0.3, -0.25) is 4.90 Å². The van der Waals surface area contributed by atoms with Crippen molar-refractivity contribution in [2.75, 3.05) is 19.6 Å². The van der Waals surface area contributed by atoms with Gasteiger partial charge >= 0.3 is 0 Å². The Hall–Kier alpha value is -1.12. The number of rotatable bonds is 9. The Kier molecular flexibility index (Phi) is 7.56. The van der Waals surface area contributed by atoms with Crippen LogP contribution in [0.2, 0.25) is 0 Å². The third kappa shape index (κ3) is 6.36. The van der Waals surface area contributed by atoms with E-state index in [1.165, 1.54) is 16.7 Å². The van der Waals surface area contributed by atoms with Crippen molar-refractivity contribution in [2.24, 2.45) is 5.92 Å². The van der Waals surface area contributed by atoms with Gasteiger partial charge < -0.3 is 5.32 Å². The molecule has 0 atom stereocenters. The van der Waals surface area contributed by atoms with Gasteiger partial charge in [-0.25, -0.2) is 0 Å². The van der Waals surface area contributed by atoms with Gasteiger partial charge in [0.15, 0.2) is 0 Å². The minimum absolute atomic E-state index is 0.692. The van der Waals surface area contributed by atoms with Crippen LogP contribution in [-0.4, -0.2) is 24.5 Å². The first kappa shape index (κ1) is 16.9. The van der Waals surface area contributed by atoms with Crippen LogP contribution in [0.5, 0.6) is 0 Å². The first-order chi connectivity index (χ1) is 9.52. The van der Waals surface area contributed by atoms with Crippen molar-refractivity contribution in [1.29, 1.82) is 0 Å². The summed E-state index contributed by atoms with van der Waals surface area (Å²) in [6.07, 6.45) is 0. The lowest BCUT2D eigenvalue weighted by molar-refractivity contribution is 0.303. The number of likely N-dealkylation sites (N-methyl/N-ethyl adjacent to an activating group) is 1. The van der Waals surface area contributed by atoms with E-state index < -0.39 is 0 Å². The van der Waals surface area contributed by atoms with Crippen molar-refractivity contribution in [3.8, 4) is 0 Å². The Labute approximate surface area is 124 Å². The quantitative estimate of drug-likeness (QED) is 0.688. The van der Waals surface area contributed by atoms with Crippen LogP contribution in [0.4, 0.5) is 0 Å². The second-order valence-electron chi connectivity index (χ2n) is 6.05. The molecule has 0 saturated carbocycles. The average molecular weight is 274 g/mol. The van der Waals surface area contributed by atoms with Gasteiger partial charge in [-0.1, -0.05) is 57.2 Å². The molecule has 0 saturated heterocycles. The van der Waals surface area contributed by atoms with Crippen LogP contribution in [0.1, 0.15) is 38.8 Å². The van der Waals surface area contributed by atoms with Crippen molar-refractivity contribution in [3.05, 3.63) is 47.5 Å². The maximum absolute atomic E-state index is 4.02. The van der Waals surface area contributed by atoms with Crippen molar-refractivity contribution in [2.45, 2.75) is 40.8 Å². The molecular weight excluding hydrogens is 244 g/mol. The number of hydrogen-bond acceptors (Lipinski definition) is 2. The molecule has 20 heavy (non-hydrogen) atoms. The monoisotopic (exact) mass is 274 g/mol. The first-order valence-electron chi connectivity index (χ1n) is 7.67. The van der Waals surface area contributed by atoms with Crippen molar-refractivity contribution in [1.82, 2.24) is 10.2 Å². The summed E-state index contributed by atoms with van der Waals surface area (Å²) >= 11 is 0. The van der Waals surface area contributed by atoms with E-state index >= 15 is 0 Å². The van der Waals surface area contributed by atoms with Gasteiger partial charge in [0, 0.05) is 19.6 Å².